The van der Waals surface area contributed by atoms with Gasteiger partial charge in [0.1, 0.15) is 0 Å². The van der Waals surface area contributed by atoms with Gasteiger partial charge in [0.15, 0.2) is 0 Å². The first-order chi connectivity index (χ1) is 19.2. The third-order valence-electron chi connectivity index (χ3n) is 9.55. The van der Waals surface area contributed by atoms with Gasteiger partial charge in [0.2, 0.25) is 0 Å². The van der Waals surface area contributed by atoms with Crippen molar-refractivity contribution in [2.45, 2.75) is 231 Å². The van der Waals surface area contributed by atoms with Crippen LogP contribution in [0.3, 0.4) is 0 Å². The molecule has 0 N–H and O–H groups in total. The predicted octanol–water partition coefficient (Wildman–Crippen LogP) is 15.0. The molecule has 0 spiro atoms. The van der Waals surface area contributed by atoms with Crippen molar-refractivity contribution < 1.29 is 0 Å². The quantitative estimate of drug-likeness (QED) is 0.0415. The molecule has 0 amide bonds. The fourth-order valence-corrected chi connectivity index (χ4v) is 12.3. The van der Waals surface area contributed by atoms with Gasteiger partial charge in [-0.1, -0.05) is 224 Å². The molecule has 0 unspecified atom stereocenters. The van der Waals surface area contributed by atoms with Crippen molar-refractivity contribution in [2.24, 2.45) is 0 Å². The summed E-state index contributed by atoms with van der Waals surface area (Å²) in [6, 6.07) is 6.70. The van der Waals surface area contributed by atoms with Gasteiger partial charge in [-0.2, -0.15) is 0 Å². The fraction of sp³-hybridized carbons (Fsp3) is 0.947. The maximum atomic E-state index is 3.85. The van der Waals surface area contributed by atoms with Crippen molar-refractivity contribution in [1.82, 2.24) is 0 Å². The van der Waals surface area contributed by atoms with E-state index in [9.17, 15) is 0 Å². The highest BCUT2D eigenvalue weighted by atomic mass is 28.3. The van der Waals surface area contributed by atoms with Crippen LogP contribution in [0.5, 0.6) is 0 Å². The lowest BCUT2D eigenvalue weighted by Crippen LogP contribution is -2.34. The Balaban J connectivity index is 4.63. The molecule has 0 aliphatic rings. The molecule has 0 nitrogen and oxygen atoms in total. The molecule has 0 saturated carbocycles. The SMILES string of the molecule is C=CCCCCCCCCCCCC[Si](CCCCCCCC)(CCCCCCCC)CCCCCCCC. The zero-order chi connectivity index (χ0) is 28.5. The molecule has 0 aromatic rings. The molecule has 0 fully saturated rings. The van der Waals surface area contributed by atoms with E-state index in [1.165, 1.54) is 161 Å². The monoisotopic (exact) mass is 563 g/mol. The summed E-state index contributed by atoms with van der Waals surface area (Å²) in [4.78, 5) is 0. The number of hydrogen-bond acceptors (Lipinski definition) is 0. The Morgan fingerprint density at radius 3 is 0.821 bits per heavy atom. The third-order valence-corrected chi connectivity index (χ3v) is 15.2. The average Bonchev–Trinajstić information content (AvgIpc) is 2.95. The van der Waals surface area contributed by atoms with E-state index in [0.717, 1.165) is 0 Å². The molecule has 0 aromatic heterocycles. The molecule has 0 heterocycles. The topological polar surface area (TPSA) is 0 Å². The van der Waals surface area contributed by atoms with Crippen LogP contribution in [0.15, 0.2) is 12.7 Å². The maximum Gasteiger partial charge on any atom is 0.0535 e. The smallest absolute Gasteiger partial charge is 0.0535 e. The molecule has 39 heavy (non-hydrogen) atoms. The molecule has 0 radical (unpaired) electrons. The van der Waals surface area contributed by atoms with Gasteiger partial charge in [0.05, 0.1) is 8.07 Å². The first-order valence-corrected chi connectivity index (χ1v) is 21.7. The number of rotatable bonds is 34. The Morgan fingerprint density at radius 1 is 0.333 bits per heavy atom. The highest BCUT2D eigenvalue weighted by molar-refractivity contribution is 6.79. The fourth-order valence-electron chi connectivity index (χ4n) is 6.79. The normalized spacial score (nSPS) is 11.9. The highest BCUT2D eigenvalue weighted by Gasteiger charge is 2.30. The van der Waals surface area contributed by atoms with Crippen LogP contribution in [-0.4, -0.2) is 8.07 Å². The van der Waals surface area contributed by atoms with Gasteiger partial charge in [0.25, 0.3) is 0 Å². The van der Waals surface area contributed by atoms with Gasteiger partial charge in [-0.15, -0.1) is 6.58 Å². The first-order valence-electron chi connectivity index (χ1n) is 18.9. The third kappa shape index (κ3) is 27.9. The van der Waals surface area contributed by atoms with Gasteiger partial charge < -0.3 is 0 Å². The van der Waals surface area contributed by atoms with Crippen LogP contribution in [0, 0.1) is 0 Å². The van der Waals surface area contributed by atoms with Crippen molar-refractivity contribution in [1.29, 1.82) is 0 Å². The predicted molar refractivity (Wildman–Crippen MR) is 186 cm³/mol. The second-order valence-corrected chi connectivity index (χ2v) is 18.4. The lowest BCUT2D eigenvalue weighted by Gasteiger charge is -2.33. The van der Waals surface area contributed by atoms with Crippen molar-refractivity contribution in [2.75, 3.05) is 0 Å². The Labute approximate surface area is 251 Å². The highest BCUT2D eigenvalue weighted by Crippen LogP contribution is 2.35. The van der Waals surface area contributed by atoms with Crippen molar-refractivity contribution in [3.63, 3.8) is 0 Å². The summed E-state index contributed by atoms with van der Waals surface area (Å²) in [7, 11) is -1.11. The Kier molecular flexibility index (Phi) is 32.4. The standard InChI is InChI=1S/C38H78Si/c1-5-9-13-17-21-22-23-24-25-26-30-34-38-39(35-31-27-18-14-10-6-2,36-32-28-19-15-11-7-3)37-33-29-20-16-12-8-4/h5H,1,6-38H2,2-4H3. The largest absolute Gasteiger partial charge is 0.103 e. The van der Waals surface area contributed by atoms with E-state index < -0.39 is 8.07 Å². The van der Waals surface area contributed by atoms with Gasteiger partial charge in [-0.05, 0) is 12.8 Å². The number of allylic oxidation sites excluding steroid dienone is 1. The van der Waals surface area contributed by atoms with Crippen molar-refractivity contribution in [3.8, 4) is 0 Å². The molecule has 0 aliphatic heterocycles. The van der Waals surface area contributed by atoms with Crippen LogP contribution >= 0.6 is 0 Å². The molecular formula is C38H78Si. The number of unbranched alkanes of at least 4 members (excludes halogenated alkanes) is 25. The van der Waals surface area contributed by atoms with Crippen molar-refractivity contribution >= 4 is 8.07 Å². The van der Waals surface area contributed by atoms with Gasteiger partial charge >= 0.3 is 0 Å². The van der Waals surface area contributed by atoms with Crippen LogP contribution in [0.25, 0.3) is 0 Å². The molecular weight excluding hydrogens is 485 g/mol. The molecule has 0 saturated heterocycles. The van der Waals surface area contributed by atoms with E-state index in [4.69, 9.17) is 0 Å². The van der Waals surface area contributed by atoms with Crippen LogP contribution in [0.1, 0.15) is 207 Å². The van der Waals surface area contributed by atoms with E-state index in [0.29, 0.717) is 0 Å². The van der Waals surface area contributed by atoms with E-state index in [1.54, 1.807) is 49.9 Å². The van der Waals surface area contributed by atoms with Gasteiger partial charge in [-0.3, -0.25) is 0 Å². The first kappa shape index (κ1) is 39.0. The summed E-state index contributed by atoms with van der Waals surface area (Å²) < 4.78 is 0. The molecule has 0 rings (SSSR count). The zero-order valence-corrected chi connectivity index (χ0v) is 29.1. The Morgan fingerprint density at radius 2 is 0.564 bits per heavy atom. The van der Waals surface area contributed by atoms with Gasteiger partial charge in [-0.25, -0.2) is 0 Å². The lowest BCUT2D eigenvalue weighted by molar-refractivity contribution is 0.556. The van der Waals surface area contributed by atoms with Gasteiger partial charge in [0, 0.05) is 0 Å². The van der Waals surface area contributed by atoms with E-state index in [-0.39, 0.29) is 0 Å². The molecule has 0 aliphatic carbocycles. The summed E-state index contributed by atoms with van der Waals surface area (Å²) in [6.45, 7) is 10.9. The molecule has 0 atom stereocenters. The molecule has 1 heteroatoms. The minimum atomic E-state index is -1.11. The van der Waals surface area contributed by atoms with E-state index in [2.05, 4.69) is 33.4 Å². The van der Waals surface area contributed by atoms with E-state index >= 15 is 0 Å². The minimum Gasteiger partial charge on any atom is -0.103 e. The molecule has 0 aromatic carbocycles. The molecule has 234 valence electrons. The second-order valence-electron chi connectivity index (χ2n) is 13.4. The average molecular weight is 563 g/mol. The summed E-state index contributed by atoms with van der Waals surface area (Å²) >= 11 is 0. The second kappa shape index (κ2) is 32.5. The van der Waals surface area contributed by atoms with Crippen molar-refractivity contribution in [3.05, 3.63) is 12.7 Å². The summed E-state index contributed by atoms with van der Waals surface area (Å²) in [5.41, 5.74) is 0. The van der Waals surface area contributed by atoms with E-state index in [1.807, 2.05) is 0 Å². The van der Waals surface area contributed by atoms with Crippen LogP contribution in [-0.2, 0) is 0 Å². The number of hydrogen-bond donors (Lipinski definition) is 0. The minimum absolute atomic E-state index is 1.11. The Bertz CT molecular complexity index is 415. The maximum absolute atomic E-state index is 3.85. The summed E-state index contributed by atoms with van der Waals surface area (Å²) in [6.07, 6.45) is 44.7. The zero-order valence-electron chi connectivity index (χ0n) is 28.1. The summed E-state index contributed by atoms with van der Waals surface area (Å²) in [5, 5.41) is 0. The van der Waals surface area contributed by atoms with Crippen LogP contribution in [0.2, 0.25) is 24.2 Å². The van der Waals surface area contributed by atoms with Crippen LogP contribution in [0.4, 0.5) is 0 Å². The van der Waals surface area contributed by atoms with Crippen LogP contribution < -0.4 is 0 Å². The lowest BCUT2D eigenvalue weighted by atomic mass is 10.1. The summed E-state index contributed by atoms with van der Waals surface area (Å²) in [5.74, 6) is 0. The molecule has 0 bridgehead atoms. The Hall–Kier alpha value is -0.0431.